The van der Waals surface area contributed by atoms with Crippen molar-refractivity contribution in [1.82, 2.24) is 9.88 Å². The third-order valence-electron chi connectivity index (χ3n) is 4.16. The number of benzene rings is 1. The minimum atomic E-state index is 0.538. The second-order valence-electron chi connectivity index (χ2n) is 5.95. The van der Waals surface area contributed by atoms with Crippen LogP contribution in [0.15, 0.2) is 48.8 Å². The molecule has 22 heavy (non-hydrogen) atoms. The van der Waals surface area contributed by atoms with Crippen LogP contribution in [0.2, 0.25) is 0 Å². The van der Waals surface area contributed by atoms with Crippen molar-refractivity contribution in [2.24, 2.45) is 5.92 Å². The van der Waals surface area contributed by atoms with Crippen LogP contribution in [0.3, 0.4) is 0 Å². The zero-order valence-electron chi connectivity index (χ0n) is 14.0. The van der Waals surface area contributed by atoms with Gasteiger partial charge in [-0.3, -0.25) is 9.88 Å². The molecule has 2 aromatic rings. The van der Waals surface area contributed by atoms with Crippen molar-refractivity contribution in [3.05, 3.63) is 54.4 Å². The maximum absolute atomic E-state index is 6.01. The van der Waals surface area contributed by atoms with Crippen LogP contribution < -0.4 is 4.74 Å². The quantitative estimate of drug-likeness (QED) is 0.738. The Morgan fingerprint density at radius 3 is 2.50 bits per heavy atom. The van der Waals surface area contributed by atoms with Gasteiger partial charge in [0.15, 0.2) is 0 Å². The molecule has 1 atom stereocenters. The summed E-state index contributed by atoms with van der Waals surface area (Å²) in [7, 11) is 0. The molecule has 3 heteroatoms. The highest BCUT2D eigenvalue weighted by molar-refractivity contribution is 5.37. The van der Waals surface area contributed by atoms with E-state index in [1.54, 1.807) is 12.4 Å². The SMILES string of the molecule is CCN(Cc1ccccc1Oc1cccnc1)C(C)C(C)C. The molecule has 2 rings (SSSR count). The monoisotopic (exact) mass is 298 g/mol. The lowest BCUT2D eigenvalue weighted by Crippen LogP contribution is -2.36. The molecule has 0 fully saturated rings. The second-order valence-corrected chi connectivity index (χ2v) is 5.95. The Labute approximate surface area is 134 Å². The molecule has 1 aromatic carbocycles. The smallest absolute Gasteiger partial charge is 0.145 e. The van der Waals surface area contributed by atoms with Gasteiger partial charge in [-0.15, -0.1) is 0 Å². The van der Waals surface area contributed by atoms with Gasteiger partial charge in [-0.05, 0) is 37.6 Å². The summed E-state index contributed by atoms with van der Waals surface area (Å²) in [6, 6.07) is 12.6. The highest BCUT2D eigenvalue weighted by Gasteiger charge is 2.17. The number of ether oxygens (including phenoxy) is 1. The molecule has 0 radical (unpaired) electrons. The van der Waals surface area contributed by atoms with Crippen LogP contribution in [0.4, 0.5) is 0 Å². The molecule has 0 aliphatic carbocycles. The van der Waals surface area contributed by atoms with E-state index >= 15 is 0 Å². The van der Waals surface area contributed by atoms with Gasteiger partial charge in [0.2, 0.25) is 0 Å². The number of hydrogen-bond donors (Lipinski definition) is 0. The summed E-state index contributed by atoms with van der Waals surface area (Å²) in [4.78, 5) is 6.59. The summed E-state index contributed by atoms with van der Waals surface area (Å²) in [5.41, 5.74) is 1.21. The van der Waals surface area contributed by atoms with Crippen molar-refractivity contribution in [3.8, 4) is 11.5 Å². The van der Waals surface area contributed by atoms with Crippen LogP contribution in [0.5, 0.6) is 11.5 Å². The highest BCUT2D eigenvalue weighted by atomic mass is 16.5. The lowest BCUT2D eigenvalue weighted by atomic mass is 10.0. The Bertz CT molecular complexity index is 569. The number of aromatic nitrogens is 1. The molecule has 0 saturated heterocycles. The first-order valence-electron chi connectivity index (χ1n) is 8.01. The van der Waals surface area contributed by atoms with E-state index in [2.05, 4.69) is 49.7 Å². The van der Waals surface area contributed by atoms with Gasteiger partial charge in [0.25, 0.3) is 0 Å². The predicted octanol–water partition coefficient (Wildman–Crippen LogP) is 4.74. The van der Waals surface area contributed by atoms with E-state index in [9.17, 15) is 0 Å². The fourth-order valence-electron chi connectivity index (χ4n) is 2.45. The summed E-state index contributed by atoms with van der Waals surface area (Å²) in [5, 5.41) is 0. The molecular formula is C19H26N2O. The van der Waals surface area contributed by atoms with E-state index < -0.39 is 0 Å². The number of para-hydroxylation sites is 1. The van der Waals surface area contributed by atoms with E-state index in [1.165, 1.54) is 5.56 Å². The Morgan fingerprint density at radius 1 is 1.09 bits per heavy atom. The molecule has 0 bridgehead atoms. The lowest BCUT2D eigenvalue weighted by Gasteiger charge is -2.31. The van der Waals surface area contributed by atoms with E-state index in [4.69, 9.17) is 4.74 Å². The maximum Gasteiger partial charge on any atom is 0.145 e. The standard InChI is InChI=1S/C19H26N2O/c1-5-21(16(4)15(2)3)14-17-9-6-7-11-19(17)22-18-10-8-12-20-13-18/h6-13,15-16H,5,14H2,1-4H3. The Hall–Kier alpha value is -1.87. The summed E-state index contributed by atoms with van der Waals surface area (Å²) in [6.45, 7) is 11.0. The Kier molecular flexibility index (Phi) is 5.96. The van der Waals surface area contributed by atoms with Gasteiger partial charge in [-0.1, -0.05) is 39.0 Å². The number of pyridine rings is 1. The van der Waals surface area contributed by atoms with Crippen molar-refractivity contribution in [2.45, 2.75) is 40.3 Å². The minimum Gasteiger partial charge on any atom is -0.455 e. The van der Waals surface area contributed by atoms with Gasteiger partial charge in [-0.25, -0.2) is 0 Å². The third kappa shape index (κ3) is 4.31. The molecule has 1 unspecified atom stereocenters. The summed E-state index contributed by atoms with van der Waals surface area (Å²) in [5.74, 6) is 2.31. The minimum absolute atomic E-state index is 0.538. The van der Waals surface area contributed by atoms with E-state index in [1.807, 2.05) is 24.3 Å². The van der Waals surface area contributed by atoms with Gasteiger partial charge in [0.1, 0.15) is 11.5 Å². The normalized spacial score (nSPS) is 12.6. The van der Waals surface area contributed by atoms with Gasteiger partial charge in [-0.2, -0.15) is 0 Å². The fourth-order valence-corrected chi connectivity index (χ4v) is 2.45. The first-order valence-corrected chi connectivity index (χ1v) is 8.01. The maximum atomic E-state index is 6.01. The lowest BCUT2D eigenvalue weighted by molar-refractivity contribution is 0.167. The van der Waals surface area contributed by atoms with Crippen LogP contribution in [0.1, 0.15) is 33.3 Å². The molecule has 0 amide bonds. The molecule has 3 nitrogen and oxygen atoms in total. The van der Waals surface area contributed by atoms with Crippen LogP contribution in [-0.2, 0) is 6.54 Å². The highest BCUT2D eigenvalue weighted by Crippen LogP contribution is 2.26. The average Bonchev–Trinajstić information content (AvgIpc) is 2.54. The van der Waals surface area contributed by atoms with Crippen LogP contribution in [-0.4, -0.2) is 22.5 Å². The van der Waals surface area contributed by atoms with Gasteiger partial charge >= 0.3 is 0 Å². The molecule has 118 valence electrons. The van der Waals surface area contributed by atoms with E-state index in [-0.39, 0.29) is 0 Å². The van der Waals surface area contributed by atoms with Gasteiger partial charge in [0, 0.05) is 24.3 Å². The van der Waals surface area contributed by atoms with Crippen molar-refractivity contribution in [2.75, 3.05) is 6.54 Å². The molecule has 0 aliphatic heterocycles. The molecule has 0 saturated carbocycles. The topological polar surface area (TPSA) is 25.4 Å². The van der Waals surface area contributed by atoms with Crippen molar-refractivity contribution < 1.29 is 4.74 Å². The Morgan fingerprint density at radius 2 is 1.86 bits per heavy atom. The summed E-state index contributed by atoms with van der Waals surface area (Å²) >= 11 is 0. The third-order valence-corrected chi connectivity index (χ3v) is 4.16. The molecule has 0 N–H and O–H groups in total. The molecule has 1 aromatic heterocycles. The van der Waals surface area contributed by atoms with Crippen molar-refractivity contribution >= 4 is 0 Å². The second kappa shape index (κ2) is 7.95. The zero-order valence-corrected chi connectivity index (χ0v) is 14.0. The molecule has 0 spiro atoms. The van der Waals surface area contributed by atoms with Gasteiger partial charge < -0.3 is 4.74 Å². The van der Waals surface area contributed by atoms with Crippen LogP contribution in [0, 0.1) is 5.92 Å². The van der Waals surface area contributed by atoms with E-state index in [0.717, 1.165) is 24.6 Å². The van der Waals surface area contributed by atoms with Crippen molar-refractivity contribution in [3.63, 3.8) is 0 Å². The van der Waals surface area contributed by atoms with Crippen LogP contribution in [0.25, 0.3) is 0 Å². The first kappa shape index (κ1) is 16.5. The van der Waals surface area contributed by atoms with Crippen molar-refractivity contribution in [1.29, 1.82) is 0 Å². The van der Waals surface area contributed by atoms with Crippen LogP contribution >= 0.6 is 0 Å². The number of hydrogen-bond acceptors (Lipinski definition) is 3. The number of nitrogens with zero attached hydrogens (tertiary/aromatic N) is 2. The molecule has 1 heterocycles. The fraction of sp³-hybridized carbons (Fsp3) is 0.421. The Balaban J connectivity index is 2.17. The summed E-state index contributed by atoms with van der Waals surface area (Å²) in [6.07, 6.45) is 3.49. The molecule has 0 aliphatic rings. The van der Waals surface area contributed by atoms with Gasteiger partial charge in [0.05, 0.1) is 6.20 Å². The zero-order chi connectivity index (χ0) is 15.9. The largest absolute Gasteiger partial charge is 0.455 e. The average molecular weight is 298 g/mol. The summed E-state index contributed by atoms with van der Waals surface area (Å²) < 4.78 is 6.01. The van der Waals surface area contributed by atoms with E-state index in [0.29, 0.717) is 12.0 Å². The molecular weight excluding hydrogens is 272 g/mol. The number of rotatable bonds is 7. The predicted molar refractivity (Wildman–Crippen MR) is 91.1 cm³/mol. The first-order chi connectivity index (χ1) is 10.6.